The second kappa shape index (κ2) is 8.90. The third kappa shape index (κ3) is 4.66. The summed E-state index contributed by atoms with van der Waals surface area (Å²) < 4.78 is 8.18. The smallest absolute Gasteiger partial charge is 0.223 e. The molecule has 5 heteroatoms. The number of unbranched alkanes of at least 4 members (excludes halogenated alkanes) is 1. The van der Waals surface area contributed by atoms with Gasteiger partial charge in [-0.1, -0.05) is 18.2 Å². The Balaban J connectivity index is 1.38. The number of hydrogen-bond acceptors (Lipinski definition) is 3. The number of carbonyl (C=O) groups excluding carboxylic acids is 1. The van der Waals surface area contributed by atoms with Gasteiger partial charge >= 0.3 is 0 Å². The maximum atomic E-state index is 12.2. The molecule has 1 atom stereocenters. The van der Waals surface area contributed by atoms with Crippen molar-refractivity contribution in [3.63, 3.8) is 0 Å². The summed E-state index contributed by atoms with van der Waals surface area (Å²) in [6.45, 7) is 7.80. The standard InChI is InChI=1S/C25H31N3O2/c1-17-10-13-21(16-18(17)2)30-15-7-6-14-28-23-9-5-4-8-22(23)27-24(28)19(3)26-25(29)20-11-12-20/h4-5,8-10,13,16,19-20H,6-7,11-12,14-15H2,1-3H3,(H,26,29). The van der Waals surface area contributed by atoms with E-state index in [2.05, 4.69) is 41.9 Å². The minimum absolute atomic E-state index is 0.0997. The topological polar surface area (TPSA) is 56.1 Å². The predicted molar refractivity (Wildman–Crippen MR) is 120 cm³/mol. The van der Waals surface area contributed by atoms with Gasteiger partial charge in [-0.25, -0.2) is 4.98 Å². The summed E-state index contributed by atoms with van der Waals surface area (Å²) in [5.41, 5.74) is 4.63. The van der Waals surface area contributed by atoms with Crippen LogP contribution in [0.4, 0.5) is 0 Å². The summed E-state index contributed by atoms with van der Waals surface area (Å²) in [5.74, 6) is 2.22. The molecule has 1 fully saturated rings. The Bertz CT molecular complexity index is 1040. The van der Waals surface area contributed by atoms with Crippen molar-refractivity contribution in [3.05, 3.63) is 59.4 Å². The molecule has 0 saturated heterocycles. The first kappa shape index (κ1) is 20.5. The molecule has 5 nitrogen and oxygen atoms in total. The number of amides is 1. The van der Waals surface area contributed by atoms with Gasteiger partial charge in [0.15, 0.2) is 0 Å². The lowest BCUT2D eigenvalue weighted by molar-refractivity contribution is -0.123. The largest absolute Gasteiger partial charge is 0.494 e. The van der Waals surface area contributed by atoms with Gasteiger partial charge in [-0.15, -0.1) is 0 Å². The van der Waals surface area contributed by atoms with Crippen LogP contribution in [0.3, 0.4) is 0 Å². The first-order valence-electron chi connectivity index (χ1n) is 11.0. The molecule has 30 heavy (non-hydrogen) atoms. The van der Waals surface area contributed by atoms with Crippen molar-refractivity contribution in [2.45, 2.75) is 59.0 Å². The number of fused-ring (bicyclic) bond motifs is 1. The molecule has 0 radical (unpaired) electrons. The Morgan fingerprint density at radius 2 is 1.97 bits per heavy atom. The van der Waals surface area contributed by atoms with Gasteiger partial charge in [0.25, 0.3) is 0 Å². The molecule has 0 bridgehead atoms. The summed E-state index contributed by atoms with van der Waals surface area (Å²) in [6, 6.07) is 14.3. The monoisotopic (exact) mass is 405 g/mol. The van der Waals surface area contributed by atoms with Crippen LogP contribution in [-0.4, -0.2) is 22.1 Å². The lowest BCUT2D eigenvalue weighted by Crippen LogP contribution is -2.29. The minimum atomic E-state index is -0.0997. The van der Waals surface area contributed by atoms with E-state index in [4.69, 9.17) is 9.72 Å². The zero-order chi connectivity index (χ0) is 21.1. The van der Waals surface area contributed by atoms with Crippen molar-refractivity contribution < 1.29 is 9.53 Å². The van der Waals surface area contributed by atoms with Crippen molar-refractivity contribution in [1.82, 2.24) is 14.9 Å². The highest BCUT2D eigenvalue weighted by Crippen LogP contribution is 2.30. The van der Waals surface area contributed by atoms with Crippen LogP contribution in [0.25, 0.3) is 11.0 Å². The van der Waals surface area contributed by atoms with Gasteiger partial charge in [-0.2, -0.15) is 0 Å². The number of nitrogens with one attached hydrogen (secondary N) is 1. The van der Waals surface area contributed by atoms with Crippen molar-refractivity contribution >= 4 is 16.9 Å². The van der Waals surface area contributed by atoms with Crippen LogP contribution in [0.1, 0.15) is 55.6 Å². The van der Waals surface area contributed by atoms with Gasteiger partial charge in [-0.05, 0) is 81.8 Å². The third-order valence-electron chi connectivity index (χ3n) is 5.90. The fourth-order valence-electron chi connectivity index (χ4n) is 3.77. The number of hydrogen-bond donors (Lipinski definition) is 1. The SMILES string of the molecule is Cc1ccc(OCCCCn2c(C(C)NC(=O)C3CC3)nc3ccccc32)cc1C. The van der Waals surface area contributed by atoms with Crippen molar-refractivity contribution in [2.75, 3.05) is 6.61 Å². The van der Waals surface area contributed by atoms with E-state index in [-0.39, 0.29) is 17.9 Å². The number of ether oxygens (including phenoxy) is 1. The summed E-state index contributed by atoms with van der Waals surface area (Å²) in [7, 11) is 0. The Kier molecular flexibility index (Phi) is 6.07. The van der Waals surface area contributed by atoms with Gasteiger partial charge < -0.3 is 14.6 Å². The van der Waals surface area contributed by atoms with E-state index in [0.717, 1.165) is 54.8 Å². The van der Waals surface area contributed by atoms with Crippen LogP contribution in [-0.2, 0) is 11.3 Å². The second-order valence-electron chi connectivity index (χ2n) is 8.42. The van der Waals surface area contributed by atoms with Crippen molar-refractivity contribution in [1.29, 1.82) is 0 Å². The highest BCUT2D eigenvalue weighted by molar-refractivity contribution is 5.81. The van der Waals surface area contributed by atoms with E-state index in [1.807, 2.05) is 31.2 Å². The lowest BCUT2D eigenvalue weighted by Gasteiger charge is -2.16. The van der Waals surface area contributed by atoms with E-state index >= 15 is 0 Å². The first-order chi connectivity index (χ1) is 14.5. The van der Waals surface area contributed by atoms with Crippen molar-refractivity contribution in [2.24, 2.45) is 5.92 Å². The Hall–Kier alpha value is -2.82. The number of nitrogens with zero attached hydrogens (tertiary/aromatic N) is 2. The molecule has 1 aromatic heterocycles. The van der Waals surface area contributed by atoms with Crippen LogP contribution >= 0.6 is 0 Å². The summed E-state index contributed by atoms with van der Waals surface area (Å²) in [5, 5.41) is 3.15. The molecule has 1 unspecified atom stereocenters. The van der Waals surface area contributed by atoms with Crippen LogP contribution in [0, 0.1) is 19.8 Å². The first-order valence-corrected chi connectivity index (χ1v) is 11.0. The minimum Gasteiger partial charge on any atom is -0.494 e. The van der Waals surface area contributed by atoms with Crippen LogP contribution in [0.5, 0.6) is 5.75 Å². The number of aromatic nitrogens is 2. The number of carbonyl (C=O) groups is 1. The number of rotatable bonds is 9. The molecule has 1 N–H and O–H groups in total. The van der Waals surface area contributed by atoms with Crippen LogP contribution in [0.2, 0.25) is 0 Å². The molecule has 0 aliphatic heterocycles. The lowest BCUT2D eigenvalue weighted by atomic mass is 10.1. The Morgan fingerprint density at radius 1 is 1.17 bits per heavy atom. The average Bonchev–Trinajstić information content (AvgIpc) is 3.52. The molecule has 1 heterocycles. The Morgan fingerprint density at radius 3 is 2.73 bits per heavy atom. The Labute approximate surface area is 178 Å². The van der Waals surface area contributed by atoms with Gasteiger partial charge in [0, 0.05) is 12.5 Å². The average molecular weight is 406 g/mol. The van der Waals surface area contributed by atoms with Crippen molar-refractivity contribution in [3.8, 4) is 5.75 Å². The van der Waals surface area contributed by atoms with Gasteiger partial charge in [0.2, 0.25) is 5.91 Å². The fourth-order valence-corrected chi connectivity index (χ4v) is 3.77. The summed E-state index contributed by atoms with van der Waals surface area (Å²) in [4.78, 5) is 17.1. The molecule has 3 aromatic rings. The molecule has 1 aliphatic carbocycles. The van der Waals surface area contributed by atoms with E-state index < -0.39 is 0 Å². The van der Waals surface area contributed by atoms with E-state index in [1.165, 1.54) is 11.1 Å². The van der Waals surface area contributed by atoms with Crippen LogP contribution in [0.15, 0.2) is 42.5 Å². The number of imidazole rings is 1. The molecule has 1 saturated carbocycles. The zero-order valence-corrected chi connectivity index (χ0v) is 18.1. The molecular formula is C25H31N3O2. The number of benzene rings is 2. The van der Waals surface area contributed by atoms with Gasteiger partial charge in [-0.3, -0.25) is 4.79 Å². The molecule has 158 valence electrons. The van der Waals surface area contributed by atoms with Crippen LogP contribution < -0.4 is 10.1 Å². The highest BCUT2D eigenvalue weighted by atomic mass is 16.5. The molecule has 4 rings (SSSR count). The number of aryl methyl sites for hydroxylation is 3. The maximum Gasteiger partial charge on any atom is 0.223 e. The van der Waals surface area contributed by atoms with E-state index in [0.29, 0.717) is 6.61 Å². The molecule has 0 spiro atoms. The van der Waals surface area contributed by atoms with Gasteiger partial charge in [0.05, 0.1) is 23.7 Å². The second-order valence-corrected chi connectivity index (χ2v) is 8.42. The predicted octanol–water partition coefficient (Wildman–Crippen LogP) is 5.10. The van der Waals surface area contributed by atoms with E-state index in [9.17, 15) is 4.79 Å². The molecule has 1 amide bonds. The number of para-hydroxylation sites is 2. The molecule has 1 aliphatic rings. The fraction of sp³-hybridized carbons (Fsp3) is 0.440. The highest BCUT2D eigenvalue weighted by Gasteiger charge is 2.31. The van der Waals surface area contributed by atoms with Gasteiger partial charge in [0.1, 0.15) is 11.6 Å². The molecule has 2 aromatic carbocycles. The normalized spacial score (nSPS) is 14.6. The maximum absolute atomic E-state index is 12.2. The summed E-state index contributed by atoms with van der Waals surface area (Å²) in [6.07, 6.45) is 3.97. The zero-order valence-electron chi connectivity index (χ0n) is 18.1. The molecular weight excluding hydrogens is 374 g/mol. The van der Waals surface area contributed by atoms with E-state index in [1.54, 1.807) is 0 Å². The quantitative estimate of drug-likeness (QED) is 0.504. The summed E-state index contributed by atoms with van der Waals surface area (Å²) >= 11 is 0. The third-order valence-corrected chi connectivity index (χ3v) is 5.90.